The first-order chi connectivity index (χ1) is 14.8. The van der Waals surface area contributed by atoms with Gasteiger partial charge in [0.25, 0.3) is 0 Å². The second-order valence-corrected chi connectivity index (χ2v) is 11.7. The molecule has 5 N–H and O–H groups in total. The van der Waals surface area contributed by atoms with Gasteiger partial charge < -0.3 is 15.6 Å². The number of ketones is 1. The number of methoxy groups -OCH3 is 1. The number of fused-ring (bicyclic) bond motifs is 5. The molecule has 0 amide bonds. The predicted octanol–water partition coefficient (Wildman–Crippen LogP) is 2.64. The minimum Gasteiger partial charge on any atom is -0.390 e. The summed E-state index contributed by atoms with van der Waals surface area (Å²) in [5, 5.41) is 10.8. The Hall–Kier alpha value is -0.530. The number of carbonyl (C=O) groups excluding carboxylic acids is 1. The summed E-state index contributed by atoms with van der Waals surface area (Å²) in [7, 11) is 1.85. The molecular weight excluding hydrogens is 390 g/mol. The Morgan fingerprint density at radius 3 is 2.61 bits per heavy atom. The van der Waals surface area contributed by atoms with E-state index in [0.717, 1.165) is 38.7 Å². The van der Waals surface area contributed by atoms with Crippen LogP contribution < -0.4 is 16.6 Å². The summed E-state index contributed by atoms with van der Waals surface area (Å²) in [6.07, 6.45) is 9.95. The van der Waals surface area contributed by atoms with E-state index in [1.54, 1.807) is 0 Å². The molecule has 6 nitrogen and oxygen atoms in total. The monoisotopic (exact) mass is 435 g/mol. The SMILES string of the molecule is COC[C@]12CC[C@@](C)(O)C[C@@H]1CC[C@H]1[C@@H]3CC[C@H](C(=O)CNNCCN)[C@@]3(C)CC[C@@H]12. The number of rotatable bonds is 8. The van der Waals surface area contributed by atoms with E-state index in [9.17, 15) is 9.90 Å². The van der Waals surface area contributed by atoms with E-state index in [1.807, 2.05) is 14.0 Å². The minimum absolute atomic E-state index is 0.134. The van der Waals surface area contributed by atoms with Crippen LogP contribution in [-0.2, 0) is 9.53 Å². The maximum absolute atomic E-state index is 13.1. The minimum atomic E-state index is -0.520. The molecule has 0 aromatic heterocycles. The van der Waals surface area contributed by atoms with Crippen LogP contribution in [0.4, 0.5) is 0 Å². The van der Waals surface area contributed by atoms with Crippen molar-refractivity contribution in [2.24, 2.45) is 46.2 Å². The summed E-state index contributed by atoms with van der Waals surface area (Å²) in [4.78, 5) is 13.1. The Bertz CT molecular complexity index is 656. The van der Waals surface area contributed by atoms with Crippen molar-refractivity contribution in [3.63, 3.8) is 0 Å². The highest BCUT2D eigenvalue weighted by Gasteiger charge is 2.63. The lowest BCUT2D eigenvalue weighted by Gasteiger charge is -2.62. The van der Waals surface area contributed by atoms with Crippen LogP contribution in [0.5, 0.6) is 0 Å². The summed E-state index contributed by atoms with van der Waals surface area (Å²) < 4.78 is 5.86. The van der Waals surface area contributed by atoms with Gasteiger partial charge in [0.15, 0.2) is 5.78 Å². The number of Topliss-reactive ketones (excluding diaryl/α,β-unsaturated/α-hetero) is 1. The van der Waals surface area contributed by atoms with E-state index >= 15 is 0 Å². The zero-order chi connectivity index (χ0) is 22.3. The van der Waals surface area contributed by atoms with Crippen LogP contribution in [0.2, 0.25) is 0 Å². The summed E-state index contributed by atoms with van der Waals surface area (Å²) in [5.41, 5.74) is 11.5. The molecule has 0 saturated heterocycles. The maximum atomic E-state index is 13.1. The molecule has 31 heavy (non-hydrogen) atoms. The summed E-state index contributed by atoms with van der Waals surface area (Å²) in [5.74, 6) is 3.14. The Morgan fingerprint density at radius 2 is 1.87 bits per heavy atom. The van der Waals surface area contributed by atoms with Crippen molar-refractivity contribution in [3.05, 3.63) is 0 Å². The Balaban J connectivity index is 1.50. The number of nitrogens with one attached hydrogen (secondary N) is 2. The fourth-order valence-electron chi connectivity index (χ4n) is 8.75. The fourth-order valence-corrected chi connectivity index (χ4v) is 8.75. The highest BCUT2D eigenvalue weighted by molar-refractivity contribution is 5.84. The number of hydrogen-bond acceptors (Lipinski definition) is 6. The standard InChI is InChI=1S/C25H45N3O3/c1-23(30)10-11-25(16-31-3)17(14-23)4-5-18-19-6-7-21(22(29)15-28-27-13-12-26)24(19,2)9-8-20(18)25/h17-21,27-28,30H,4-16,26H2,1-3H3/t17-,18-,19-,20-,21+,23+,24-,25+/m0/s1. The fraction of sp³-hybridized carbons (Fsp3) is 0.960. The maximum Gasteiger partial charge on any atom is 0.151 e. The van der Waals surface area contributed by atoms with Gasteiger partial charge in [-0.2, -0.15) is 0 Å². The Kier molecular flexibility index (Phi) is 6.87. The molecule has 0 aromatic carbocycles. The Morgan fingerprint density at radius 1 is 1.06 bits per heavy atom. The number of ether oxygens (including phenoxy) is 1. The Labute approximate surface area is 188 Å². The van der Waals surface area contributed by atoms with Crippen LogP contribution >= 0.6 is 0 Å². The molecule has 0 radical (unpaired) electrons. The number of carbonyl (C=O) groups is 1. The van der Waals surface area contributed by atoms with Crippen molar-refractivity contribution >= 4 is 5.78 Å². The van der Waals surface area contributed by atoms with Gasteiger partial charge in [0, 0.05) is 26.1 Å². The van der Waals surface area contributed by atoms with E-state index < -0.39 is 5.60 Å². The van der Waals surface area contributed by atoms with Gasteiger partial charge in [-0.15, -0.1) is 0 Å². The average molecular weight is 436 g/mol. The van der Waals surface area contributed by atoms with Gasteiger partial charge in [-0.25, -0.2) is 0 Å². The van der Waals surface area contributed by atoms with Crippen molar-refractivity contribution in [1.82, 2.24) is 10.9 Å². The zero-order valence-corrected chi connectivity index (χ0v) is 19.9. The molecule has 0 unspecified atom stereocenters. The van der Waals surface area contributed by atoms with Gasteiger partial charge >= 0.3 is 0 Å². The van der Waals surface area contributed by atoms with Crippen LogP contribution in [0.1, 0.15) is 71.6 Å². The van der Waals surface area contributed by atoms with Crippen LogP contribution in [0.25, 0.3) is 0 Å². The van der Waals surface area contributed by atoms with Gasteiger partial charge in [0.05, 0.1) is 18.8 Å². The zero-order valence-electron chi connectivity index (χ0n) is 19.9. The molecule has 4 aliphatic carbocycles. The van der Waals surface area contributed by atoms with Gasteiger partial charge in [-0.3, -0.25) is 15.6 Å². The number of aliphatic hydroxyl groups is 1. The van der Waals surface area contributed by atoms with Crippen LogP contribution in [-0.4, -0.2) is 49.8 Å². The first kappa shape index (κ1) is 23.6. The number of hydrogen-bond donors (Lipinski definition) is 4. The second kappa shape index (κ2) is 9.02. The van der Waals surface area contributed by atoms with Crippen molar-refractivity contribution in [1.29, 1.82) is 0 Å². The molecule has 4 fully saturated rings. The third-order valence-corrected chi connectivity index (χ3v) is 10.1. The van der Waals surface area contributed by atoms with E-state index in [2.05, 4.69) is 17.8 Å². The third kappa shape index (κ3) is 4.12. The molecule has 4 rings (SSSR count). The van der Waals surface area contributed by atoms with Crippen LogP contribution in [0.15, 0.2) is 0 Å². The van der Waals surface area contributed by atoms with E-state index in [4.69, 9.17) is 10.5 Å². The molecule has 0 aliphatic heterocycles. The highest BCUT2D eigenvalue weighted by atomic mass is 16.5. The van der Waals surface area contributed by atoms with Gasteiger partial charge in [0.2, 0.25) is 0 Å². The lowest BCUT2D eigenvalue weighted by atomic mass is 9.43. The van der Waals surface area contributed by atoms with E-state index in [-0.39, 0.29) is 16.7 Å². The van der Waals surface area contributed by atoms with Crippen LogP contribution in [0, 0.1) is 40.4 Å². The largest absolute Gasteiger partial charge is 0.390 e. The molecule has 0 bridgehead atoms. The molecule has 0 spiro atoms. The summed E-state index contributed by atoms with van der Waals surface area (Å²) in [6.45, 7) is 6.91. The van der Waals surface area contributed by atoms with Crippen molar-refractivity contribution in [2.45, 2.75) is 77.2 Å². The van der Waals surface area contributed by atoms with Crippen LogP contribution in [0.3, 0.4) is 0 Å². The van der Waals surface area contributed by atoms with E-state index in [0.29, 0.717) is 49.1 Å². The quantitative estimate of drug-likeness (QED) is 0.346. The number of hydrazine groups is 1. The first-order valence-corrected chi connectivity index (χ1v) is 12.7. The van der Waals surface area contributed by atoms with Gasteiger partial charge in [-0.1, -0.05) is 6.92 Å². The highest BCUT2D eigenvalue weighted by Crippen LogP contribution is 2.68. The van der Waals surface area contributed by atoms with E-state index in [1.165, 1.54) is 25.7 Å². The van der Waals surface area contributed by atoms with Crippen molar-refractivity contribution in [2.75, 3.05) is 33.4 Å². The molecule has 4 saturated carbocycles. The predicted molar refractivity (Wildman–Crippen MR) is 122 cm³/mol. The molecule has 4 aliphatic rings. The summed E-state index contributed by atoms with van der Waals surface area (Å²) >= 11 is 0. The molecule has 178 valence electrons. The van der Waals surface area contributed by atoms with Gasteiger partial charge in [0.1, 0.15) is 0 Å². The lowest BCUT2D eigenvalue weighted by Crippen LogP contribution is -2.58. The molecule has 8 atom stereocenters. The molecular formula is C25H45N3O3. The third-order valence-electron chi connectivity index (χ3n) is 10.1. The van der Waals surface area contributed by atoms with Crippen molar-refractivity contribution in [3.8, 4) is 0 Å². The number of nitrogens with two attached hydrogens (primary N) is 1. The average Bonchev–Trinajstić information content (AvgIpc) is 3.08. The van der Waals surface area contributed by atoms with Gasteiger partial charge in [-0.05, 0) is 99.2 Å². The molecule has 0 aromatic rings. The normalized spacial score (nSPS) is 46.8. The second-order valence-electron chi connectivity index (χ2n) is 11.7. The molecule has 0 heterocycles. The molecule has 6 heteroatoms. The topological polar surface area (TPSA) is 96.6 Å². The lowest BCUT2D eigenvalue weighted by molar-refractivity contribution is -0.175. The summed E-state index contributed by atoms with van der Waals surface area (Å²) in [6, 6.07) is 0. The smallest absolute Gasteiger partial charge is 0.151 e. The van der Waals surface area contributed by atoms with Crippen molar-refractivity contribution < 1.29 is 14.6 Å². The first-order valence-electron chi connectivity index (χ1n) is 12.7.